The zero-order valence-electron chi connectivity index (χ0n) is 19.8. The third-order valence-electron chi connectivity index (χ3n) is 7.15. The molecule has 2 aromatic carbocycles. The van der Waals surface area contributed by atoms with Gasteiger partial charge in [-0.25, -0.2) is 35.1 Å². The Balaban J connectivity index is 1.78. The molecular weight excluding hydrogens is 545 g/mol. The van der Waals surface area contributed by atoms with Crippen LogP contribution in [0.2, 0.25) is 0 Å². The minimum Gasteiger partial charge on any atom is -0.375 e. The molecule has 1 unspecified atom stereocenters. The molecule has 1 aliphatic heterocycles. The lowest BCUT2D eigenvalue weighted by molar-refractivity contribution is -0.166. The molecule has 1 spiro atoms. The van der Waals surface area contributed by atoms with Crippen molar-refractivity contribution in [3.05, 3.63) is 59.4 Å². The number of alkyl halides is 4. The van der Waals surface area contributed by atoms with Crippen molar-refractivity contribution in [3.8, 4) is 11.1 Å². The van der Waals surface area contributed by atoms with Crippen molar-refractivity contribution in [1.82, 2.24) is 9.62 Å². The number of likely N-dealkylation sites (tertiary alicyclic amines) is 1. The Hall–Kier alpha value is -2.71. The Morgan fingerprint density at radius 1 is 1.13 bits per heavy atom. The molecule has 0 bridgehead atoms. The first-order chi connectivity index (χ1) is 17.6. The highest BCUT2D eigenvalue weighted by atomic mass is 32.2. The molecule has 3 atom stereocenters. The van der Waals surface area contributed by atoms with E-state index in [2.05, 4.69) is 0 Å². The summed E-state index contributed by atoms with van der Waals surface area (Å²) in [6.07, 6.45) is -3.57. The van der Waals surface area contributed by atoms with Crippen LogP contribution in [0.1, 0.15) is 25.3 Å². The van der Waals surface area contributed by atoms with Crippen LogP contribution in [-0.4, -0.2) is 60.7 Å². The minimum atomic E-state index is -5.22. The van der Waals surface area contributed by atoms with E-state index in [-0.39, 0.29) is 36.1 Å². The normalized spacial score (nSPS) is 22.3. The number of aliphatic hydroxyl groups is 1. The highest BCUT2D eigenvalue weighted by Gasteiger charge is 2.63. The summed E-state index contributed by atoms with van der Waals surface area (Å²) < 4.78 is 123. The van der Waals surface area contributed by atoms with Crippen LogP contribution < -0.4 is 4.72 Å². The second kappa shape index (κ2) is 9.79. The number of hydrogen-bond donors (Lipinski definition) is 2. The van der Waals surface area contributed by atoms with Crippen molar-refractivity contribution in [3.63, 3.8) is 0 Å². The lowest BCUT2D eigenvalue weighted by atomic mass is 9.91. The molecule has 2 aromatic rings. The first-order valence-electron chi connectivity index (χ1n) is 11.4. The molecule has 1 saturated carbocycles. The van der Waals surface area contributed by atoms with Crippen molar-refractivity contribution in [1.29, 1.82) is 0 Å². The average Bonchev–Trinajstić information content (AvgIpc) is 3.54. The van der Waals surface area contributed by atoms with Gasteiger partial charge in [-0.3, -0.25) is 4.79 Å². The predicted molar refractivity (Wildman–Crippen MR) is 121 cm³/mol. The molecule has 4 rings (SSSR count). The van der Waals surface area contributed by atoms with Gasteiger partial charge in [0.25, 0.3) is 22.4 Å². The molecule has 208 valence electrons. The molecule has 1 saturated heterocycles. The monoisotopic (exact) mass is 568 g/mol. The highest BCUT2D eigenvalue weighted by Crippen LogP contribution is 2.56. The van der Waals surface area contributed by atoms with Crippen LogP contribution in [0.4, 0.5) is 30.7 Å². The van der Waals surface area contributed by atoms with Crippen LogP contribution in [0.5, 0.6) is 0 Å². The molecular formula is C24H23F7N2O4S. The number of hydrogen-bond acceptors (Lipinski definition) is 4. The molecule has 14 heteroatoms. The van der Waals surface area contributed by atoms with Gasteiger partial charge in [0.05, 0.1) is 6.04 Å². The second-order valence-corrected chi connectivity index (χ2v) is 11.5. The number of sulfonamides is 1. The quantitative estimate of drug-likeness (QED) is 0.474. The largest absolute Gasteiger partial charge is 0.375 e. The van der Waals surface area contributed by atoms with E-state index < -0.39 is 75.1 Å². The van der Waals surface area contributed by atoms with Gasteiger partial charge in [0, 0.05) is 29.6 Å². The SMILES string of the molecule is CC(O)(C(=O)N1CC2(CC2)[C@H](NS(=O)(=O)C(F)F)[C@@H]1Cc1cccc(-c2cc(F)cc(F)c2)c1F)C(F)F. The van der Waals surface area contributed by atoms with Crippen molar-refractivity contribution >= 4 is 15.9 Å². The van der Waals surface area contributed by atoms with Crippen molar-refractivity contribution < 1.29 is 49.1 Å². The Bertz CT molecular complexity index is 1330. The van der Waals surface area contributed by atoms with E-state index in [0.29, 0.717) is 13.0 Å². The number of carbonyl (C=O) groups is 1. The van der Waals surface area contributed by atoms with Gasteiger partial charge in [-0.2, -0.15) is 8.78 Å². The molecule has 38 heavy (non-hydrogen) atoms. The topological polar surface area (TPSA) is 86.7 Å². The first kappa shape index (κ1) is 28.3. The number of benzene rings is 2. The zero-order chi connectivity index (χ0) is 28.2. The summed E-state index contributed by atoms with van der Waals surface area (Å²) in [6.45, 7) is 0.221. The summed E-state index contributed by atoms with van der Waals surface area (Å²) in [4.78, 5) is 13.8. The summed E-state index contributed by atoms with van der Waals surface area (Å²) in [7, 11) is -5.22. The standard InChI is InChI=1S/C24H23F7N2O4S/c1-23(35,20(28)29)21(34)33-11-24(5-6-24)19(32-38(36,37)22(30)31)17(33)9-12-3-2-4-16(18(12)27)13-7-14(25)10-15(26)8-13/h2-4,7-8,10,17,19-20,22,32,35H,5-6,9,11H2,1H3/t17-,19+,23?/m0/s1. The van der Waals surface area contributed by atoms with Crippen molar-refractivity contribution in [2.75, 3.05) is 6.54 Å². The molecule has 2 N–H and O–H groups in total. The summed E-state index contributed by atoms with van der Waals surface area (Å²) in [5.41, 5.74) is -4.90. The van der Waals surface area contributed by atoms with Gasteiger partial charge in [-0.15, -0.1) is 0 Å². The fourth-order valence-electron chi connectivity index (χ4n) is 4.93. The lowest BCUT2D eigenvalue weighted by Gasteiger charge is -2.33. The maximum Gasteiger partial charge on any atom is 0.350 e. The fourth-order valence-corrected chi connectivity index (χ4v) is 5.80. The maximum atomic E-state index is 15.6. The lowest BCUT2D eigenvalue weighted by Crippen LogP contribution is -2.56. The number of rotatable bonds is 8. The van der Waals surface area contributed by atoms with Crippen LogP contribution in [-0.2, 0) is 21.2 Å². The van der Waals surface area contributed by atoms with Crippen molar-refractivity contribution in [2.24, 2.45) is 5.41 Å². The van der Waals surface area contributed by atoms with Gasteiger partial charge in [0.2, 0.25) is 5.60 Å². The highest BCUT2D eigenvalue weighted by molar-refractivity contribution is 7.89. The number of amides is 1. The Kier molecular flexibility index (Phi) is 7.29. The van der Waals surface area contributed by atoms with E-state index >= 15 is 4.39 Å². The molecule has 1 aliphatic carbocycles. The van der Waals surface area contributed by atoms with E-state index in [0.717, 1.165) is 17.0 Å². The molecule has 2 fully saturated rings. The number of nitrogens with zero attached hydrogens (tertiary/aromatic N) is 1. The molecule has 6 nitrogen and oxygen atoms in total. The predicted octanol–water partition coefficient (Wildman–Crippen LogP) is 3.83. The number of carbonyl (C=O) groups excluding carboxylic acids is 1. The smallest absolute Gasteiger partial charge is 0.350 e. The second-order valence-electron chi connectivity index (χ2n) is 9.85. The van der Waals surface area contributed by atoms with E-state index in [1.54, 1.807) is 0 Å². The zero-order valence-corrected chi connectivity index (χ0v) is 20.6. The summed E-state index contributed by atoms with van der Waals surface area (Å²) >= 11 is 0. The van der Waals surface area contributed by atoms with Crippen LogP contribution in [0.3, 0.4) is 0 Å². The van der Waals surface area contributed by atoms with E-state index in [1.165, 1.54) is 18.2 Å². The van der Waals surface area contributed by atoms with Crippen LogP contribution >= 0.6 is 0 Å². The summed E-state index contributed by atoms with van der Waals surface area (Å²) in [6, 6.07) is 3.22. The summed E-state index contributed by atoms with van der Waals surface area (Å²) in [5.74, 6) is -8.28. The van der Waals surface area contributed by atoms with Crippen LogP contribution in [0, 0.1) is 22.9 Å². The van der Waals surface area contributed by atoms with Gasteiger partial charge >= 0.3 is 5.76 Å². The van der Waals surface area contributed by atoms with Gasteiger partial charge in [0.15, 0.2) is 0 Å². The average molecular weight is 569 g/mol. The number of nitrogens with one attached hydrogen (secondary N) is 1. The van der Waals surface area contributed by atoms with Gasteiger partial charge in [-0.05, 0) is 49.4 Å². The molecule has 0 radical (unpaired) electrons. The molecule has 1 heterocycles. The number of halogens is 7. The molecule has 2 aliphatic rings. The Morgan fingerprint density at radius 2 is 1.74 bits per heavy atom. The van der Waals surface area contributed by atoms with E-state index in [1.807, 2.05) is 4.72 Å². The molecule has 0 aromatic heterocycles. The fraction of sp³-hybridized carbons (Fsp3) is 0.458. The Morgan fingerprint density at radius 3 is 2.26 bits per heavy atom. The summed E-state index contributed by atoms with van der Waals surface area (Å²) in [5, 5.41) is 10.2. The van der Waals surface area contributed by atoms with E-state index in [9.17, 15) is 44.7 Å². The van der Waals surface area contributed by atoms with Crippen molar-refractivity contribution in [2.45, 2.75) is 56.1 Å². The Labute approximate surface area is 213 Å². The van der Waals surface area contributed by atoms with Crippen LogP contribution in [0.25, 0.3) is 11.1 Å². The van der Waals surface area contributed by atoms with Gasteiger partial charge < -0.3 is 10.0 Å². The molecule has 1 amide bonds. The van der Waals surface area contributed by atoms with Crippen LogP contribution in [0.15, 0.2) is 36.4 Å². The van der Waals surface area contributed by atoms with Gasteiger partial charge in [-0.1, -0.05) is 18.2 Å². The minimum absolute atomic E-state index is 0.171. The van der Waals surface area contributed by atoms with Gasteiger partial charge in [0.1, 0.15) is 17.5 Å². The third-order valence-corrected chi connectivity index (χ3v) is 8.20. The third kappa shape index (κ3) is 5.13. The van der Waals surface area contributed by atoms with E-state index in [4.69, 9.17) is 0 Å². The maximum absolute atomic E-state index is 15.6. The first-order valence-corrected chi connectivity index (χ1v) is 13.0.